The summed E-state index contributed by atoms with van der Waals surface area (Å²) in [4.78, 5) is 18.6. The fraction of sp³-hybridized carbons (Fsp3) is 0.368. The lowest BCUT2D eigenvalue weighted by atomic mass is 10.2. The van der Waals surface area contributed by atoms with Crippen LogP contribution < -0.4 is 0 Å². The van der Waals surface area contributed by atoms with E-state index < -0.39 is 10.0 Å². The second-order valence-electron chi connectivity index (χ2n) is 6.26. The molecule has 6 nitrogen and oxygen atoms in total. The molecule has 0 aliphatic carbocycles. The third-order valence-electron chi connectivity index (χ3n) is 4.60. The Balaban J connectivity index is 1.72. The molecule has 0 unspecified atom stereocenters. The highest BCUT2D eigenvalue weighted by Gasteiger charge is 2.28. The van der Waals surface area contributed by atoms with Gasteiger partial charge in [-0.1, -0.05) is 25.1 Å². The zero-order valence-electron chi connectivity index (χ0n) is 14.8. The van der Waals surface area contributed by atoms with E-state index in [2.05, 4.69) is 4.98 Å². The van der Waals surface area contributed by atoms with E-state index in [1.165, 1.54) is 4.31 Å². The SMILES string of the molecule is CCc1ccc(S(=O)(=O)N2CCCN(C(=O)c3ccccn3)CC2)cc1. The highest BCUT2D eigenvalue weighted by molar-refractivity contribution is 7.89. The third-order valence-corrected chi connectivity index (χ3v) is 6.51. The Morgan fingerprint density at radius 3 is 2.46 bits per heavy atom. The molecule has 0 radical (unpaired) electrons. The molecular formula is C19H23N3O3S. The lowest BCUT2D eigenvalue weighted by Crippen LogP contribution is -2.37. The van der Waals surface area contributed by atoms with Gasteiger partial charge in [0.2, 0.25) is 10.0 Å². The Kier molecular flexibility index (Phi) is 5.68. The number of sulfonamides is 1. The maximum Gasteiger partial charge on any atom is 0.272 e. The van der Waals surface area contributed by atoms with Crippen LogP contribution in [0, 0.1) is 0 Å². The Hall–Kier alpha value is -2.25. The topological polar surface area (TPSA) is 70.6 Å². The van der Waals surface area contributed by atoms with Crippen LogP contribution in [-0.4, -0.2) is 54.7 Å². The average molecular weight is 373 g/mol. The molecule has 0 saturated carbocycles. The van der Waals surface area contributed by atoms with Gasteiger partial charge in [0.15, 0.2) is 0 Å². The van der Waals surface area contributed by atoms with Crippen molar-refractivity contribution in [2.45, 2.75) is 24.7 Å². The minimum atomic E-state index is -3.54. The van der Waals surface area contributed by atoms with Gasteiger partial charge >= 0.3 is 0 Å². The Morgan fingerprint density at radius 1 is 1.04 bits per heavy atom. The lowest BCUT2D eigenvalue weighted by Gasteiger charge is -2.22. The van der Waals surface area contributed by atoms with E-state index >= 15 is 0 Å². The largest absolute Gasteiger partial charge is 0.336 e. The summed E-state index contributed by atoms with van der Waals surface area (Å²) >= 11 is 0. The first-order valence-corrected chi connectivity index (χ1v) is 10.3. The molecule has 0 atom stereocenters. The molecule has 1 saturated heterocycles. The number of hydrogen-bond acceptors (Lipinski definition) is 4. The third kappa shape index (κ3) is 3.94. The molecule has 1 aromatic heterocycles. The Bertz CT molecular complexity index is 851. The molecule has 3 rings (SSSR count). The smallest absolute Gasteiger partial charge is 0.272 e. The van der Waals surface area contributed by atoms with Crippen molar-refractivity contribution in [3.63, 3.8) is 0 Å². The number of carbonyl (C=O) groups excluding carboxylic acids is 1. The highest BCUT2D eigenvalue weighted by atomic mass is 32.2. The maximum absolute atomic E-state index is 12.9. The van der Waals surface area contributed by atoms with Crippen molar-refractivity contribution in [2.75, 3.05) is 26.2 Å². The van der Waals surface area contributed by atoms with Crippen LogP contribution in [0.5, 0.6) is 0 Å². The van der Waals surface area contributed by atoms with E-state index in [-0.39, 0.29) is 12.5 Å². The zero-order valence-corrected chi connectivity index (χ0v) is 15.7. The van der Waals surface area contributed by atoms with Crippen LogP contribution in [0.15, 0.2) is 53.6 Å². The number of aryl methyl sites for hydroxylation is 1. The normalized spacial score (nSPS) is 16.3. The van der Waals surface area contributed by atoms with Gasteiger partial charge in [0.05, 0.1) is 4.90 Å². The van der Waals surface area contributed by atoms with Crippen molar-refractivity contribution < 1.29 is 13.2 Å². The van der Waals surface area contributed by atoms with Crippen LogP contribution in [0.2, 0.25) is 0 Å². The maximum atomic E-state index is 12.9. The van der Waals surface area contributed by atoms with Crippen molar-refractivity contribution in [2.24, 2.45) is 0 Å². The predicted octanol–water partition coefficient (Wildman–Crippen LogP) is 2.18. The van der Waals surface area contributed by atoms with Gasteiger partial charge in [0.25, 0.3) is 5.91 Å². The first-order chi connectivity index (χ1) is 12.5. The van der Waals surface area contributed by atoms with Gasteiger partial charge in [-0.05, 0) is 42.7 Å². The zero-order chi connectivity index (χ0) is 18.6. The molecule has 1 aliphatic rings. The first-order valence-electron chi connectivity index (χ1n) is 8.82. The van der Waals surface area contributed by atoms with E-state index in [0.717, 1.165) is 12.0 Å². The summed E-state index contributed by atoms with van der Waals surface area (Å²) in [6, 6.07) is 12.2. The Morgan fingerprint density at radius 2 is 1.81 bits per heavy atom. The van der Waals surface area contributed by atoms with Crippen molar-refractivity contribution in [1.29, 1.82) is 0 Å². The average Bonchev–Trinajstić information content (AvgIpc) is 2.95. The van der Waals surface area contributed by atoms with Crippen molar-refractivity contribution in [1.82, 2.24) is 14.2 Å². The van der Waals surface area contributed by atoms with Crippen molar-refractivity contribution in [3.8, 4) is 0 Å². The molecule has 0 spiro atoms. The molecular weight excluding hydrogens is 350 g/mol. The molecule has 0 N–H and O–H groups in total. The van der Waals surface area contributed by atoms with Gasteiger partial charge in [-0.2, -0.15) is 4.31 Å². The van der Waals surface area contributed by atoms with E-state index in [1.807, 2.05) is 19.1 Å². The molecule has 2 heterocycles. The van der Waals surface area contributed by atoms with E-state index in [0.29, 0.717) is 36.6 Å². The van der Waals surface area contributed by atoms with Crippen LogP contribution in [0.4, 0.5) is 0 Å². The molecule has 1 aliphatic heterocycles. The fourth-order valence-electron chi connectivity index (χ4n) is 3.03. The van der Waals surface area contributed by atoms with E-state index in [1.54, 1.807) is 41.4 Å². The number of hydrogen-bond donors (Lipinski definition) is 0. The molecule has 138 valence electrons. The van der Waals surface area contributed by atoms with Gasteiger partial charge in [0.1, 0.15) is 5.69 Å². The van der Waals surface area contributed by atoms with Gasteiger partial charge < -0.3 is 4.90 Å². The van der Waals surface area contributed by atoms with Crippen LogP contribution >= 0.6 is 0 Å². The molecule has 2 aromatic rings. The molecule has 0 bridgehead atoms. The minimum Gasteiger partial charge on any atom is -0.336 e. The fourth-order valence-corrected chi connectivity index (χ4v) is 4.50. The molecule has 1 aromatic carbocycles. The quantitative estimate of drug-likeness (QED) is 0.824. The standard InChI is InChI=1S/C19H23N3O3S/c1-2-16-7-9-17(10-8-16)26(24,25)22-13-5-12-21(14-15-22)19(23)18-6-3-4-11-20-18/h3-4,6-11H,2,5,12-15H2,1H3. The van der Waals surface area contributed by atoms with Gasteiger partial charge in [0, 0.05) is 32.4 Å². The first kappa shape index (κ1) is 18.5. The second kappa shape index (κ2) is 7.97. The summed E-state index contributed by atoms with van der Waals surface area (Å²) in [7, 11) is -3.54. The predicted molar refractivity (Wildman–Crippen MR) is 99.3 cm³/mol. The molecule has 1 amide bonds. The minimum absolute atomic E-state index is 0.155. The van der Waals surface area contributed by atoms with Gasteiger partial charge in [-0.3, -0.25) is 9.78 Å². The number of carbonyl (C=O) groups is 1. The molecule has 7 heteroatoms. The van der Waals surface area contributed by atoms with Crippen molar-refractivity contribution in [3.05, 3.63) is 59.9 Å². The summed E-state index contributed by atoms with van der Waals surface area (Å²) in [5.41, 5.74) is 1.49. The van der Waals surface area contributed by atoms with Crippen molar-refractivity contribution >= 4 is 15.9 Å². The number of rotatable bonds is 4. The van der Waals surface area contributed by atoms with Gasteiger partial charge in [-0.25, -0.2) is 8.42 Å². The molecule has 26 heavy (non-hydrogen) atoms. The highest BCUT2D eigenvalue weighted by Crippen LogP contribution is 2.19. The number of nitrogens with zero attached hydrogens (tertiary/aromatic N) is 3. The van der Waals surface area contributed by atoms with Crippen LogP contribution in [0.3, 0.4) is 0 Å². The Labute approximate surface area is 154 Å². The number of aromatic nitrogens is 1. The number of pyridine rings is 1. The second-order valence-corrected chi connectivity index (χ2v) is 8.20. The van der Waals surface area contributed by atoms with E-state index in [4.69, 9.17) is 0 Å². The summed E-state index contributed by atoms with van der Waals surface area (Å²) in [6.45, 7) is 3.61. The summed E-state index contributed by atoms with van der Waals surface area (Å²) in [6.07, 6.45) is 3.06. The lowest BCUT2D eigenvalue weighted by molar-refractivity contribution is 0.0758. The monoisotopic (exact) mass is 373 g/mol. The summed E-state index contributed by atoms with van der Waals surface area (Å²) < 4.78 is 27.3. The summed E-state index contributed by atoms with van der Waals surface area (Å²) in [5, 5.41) is 0. The summed E-state index contributed by atoms with van der Waals surface area (Å²) in [5.74, 6) is -0.155. The van der Waals surface area contributed by atoms with Gasteiger partial charge in [-0.15, -0.1) is 0 Å². The van der Waals surface area contributed by atoms with E-state index in [9.17, 15) is 13.2 Å². The molecule has 1 fully saturated rings. The number of amides is 1. The number of benzene rings is 1. The van der Waals surface area contributed by atoms with Crippen LogP contribution in [-0.2, 0) is 16.4 Å². The van der Waals surface area contributed by atoms with Crippen LogP contribution in [0.25, 0.3) is 0 Å². The van der Waals surface area contributed by atoms with Crippen LogP contribution in [0.1, 0.15) is 29.4 Å².